The van der Waals surface area contributed by atoms with Crippen LogP contribution in [0.15, 0.2) is 36.4 Å². The van der Waals surface area contributed by atoms with Crippen LogP contribution in [0.5, 0.6) is 11.5 Å². The topological polar surface area (TPSA) is 73.9 Å². The SMILES string of the molecule is COc1ccc(OC)c(C(=O)OCC(=O)Nc2c(Cl)cccc2Cl)c1. The Morgan fingerprint density at radius 1 is 1.04 bits per heavy atom. The highest BCUT2D eigenvalue weighted by Gasteiger charge is 2.17. The Morgan fingerprint density at radius 2 is 1.72 bits per heavy atom. The largest absolute Gasteiger partial charge is 0.497 e. The van der Waals surface area contributed by atoms with Gasteiger partial charge in [-0.3, -0.25) is 4.79 Å². The van der Waals surface area contributed by atoms with E-state index in [0.717, 1.165) is 0 Å². The van der Waals surface area contributed by atoms with E-state index in [9.17, 15) is 9.59 Å². The molecule has 0 aliphatic carbocycles. The van der Waals surface area contributed by atoms with Crippen molar-refractivity contribution in [1.29, 1.82) is 0 Å². The minimum Gasteiger partial charge on any atom is -0.497 e. The van der Waals surface area contributed by atoms with Crippen molar-refractivity contribution in [2.45, 2.75) is 0 Å². The molecule has 0 aliphatic rings. The maximum Gasteiger partial charge on any atom is 0.342 e. The summed E-state index contributed by atoms with van der Waals surface area (Å²) in [5, 5.41) is 3.06. The van der Waals surface area contributed by atoms with Crippen molar-refractivity contribution < 1.29 is 23.8 Å². The van der Waals surface area contributed by atoms with Crippen LogP contribution in [-0.2, 0) is 9.53 Å². The van der Waals surface area contributed by atoms with Crippen LogP contribution in [0.4, 0.5) is 5.69 Å². The minimum absolute atomic E-state index is 0.144. The molecule has 2 aromatic carbocycles. The number of ether oxygens (including phenoxy) is 3. The van der Waals surface area contributed by atoms with E-state index < -0.39 is 18.5 Å². The second-order valence-electron chi connectivity index (χ2n) is 4.79. The number of carbonyl (C=O) groups is 2. The summed E-state index contributed by atoms with van der Waals surface area (Å²) in [6, 6.07) is 9.48. The van der Waals surface area contributed by atoms with Gasteiger partial charge >= 0.3 is 5.97 Å². The Bertz CT molecular complexity index is 774. The maximum atomic E-state index is 12.2. The van der Waals surface area contributed by atoms with Gasteiger partial charge in [0.2, 0.25) is 0 Å². The average Bonchev–Trinajstić information content (AvgIpc) is 2.62. The molecule has 0 unspecified atom stereocenters. The predicted molar refractivity (Wildman–Crippen MR) is 94.9 cm³/mol. The molecule has 0 saturated carbocycles. The second-order valence-corrected chi connectivity index (χ2v) is 5.60. The van der Waals surface area contributed by atoms with Crippen LogP contribution >= 0.6 is 23.2 Å². The molecule has 0 saturated heterocycles. The number of halogens is 2. The lowest BCUT2D eigenvalue weighted by molar-refractivity contribution is -0.119. The summed E-state index contributed by atoms with van der Waals surface area (Å²) in [4.78, 5) is 24.2. The van der Waals surface area contributed by atoms with E-state index in [-0.39, 0.29) is 21.3 Å². The van der Waals surface area contributed by atoms with Gasteiger partial charge in [0.15, 0.2) is 6.61 Å². The third-order valence-electron chi connectivity index (χ3n) is 3.19. The van der Waals surface area contributed by atoms with Gasteiger partial charge in [0.1, 0.15) is 17.1 Å². The monoisotopic (exact) mass is 383 g/mol. The Balaban J connectivity index is 2.03. The second kappa shape index (κ2) is 8.60. The van der Waals surface area contributed by atoms with Crippen molar-refractivity contribution in [3.05, 3.63) is 52.0 Å². The first-order chi connectivity index (χ1) is 12.0. The number of para-hydroxylation sites is 1. The number of carbonyl (C=O) groups excluding carboxylic acids is 2. The molecule has 0 spiro atoms. The predicted octanol–water partition coefficient (Wildman–Crippen LogP) is 3.81. The van der Waals surface area contributed by atoms with E-state index in [2.05, 4.69) is 5.32 Å². The highest BCUT2D eigenvalue weighted by atomic mass is 35.5. The van der Waals surface area contributed by atoms with Crippen molar-refractivity contribution in [3.63, 3.8) is 0 Å². The summed E-state index contributed by atoms with van der Waals surface area (Å²) in [5.41, 5.74) is 0.399. The van der Waals surface area contributed by atoms with Gasteiger partial charge in [-0.05, 0) is 30.3 Å². The molecule has 0 radical (unpaired) electrons. The molecule has 0 atom stereocenters. The normalized spacial score (nSPS) is 10.1. The number of nitrogens with one attached hydrogen (secondary N) is 1. The molecule has 132 valence electrons. The molecule has 6 nitrogen and oxygen atoms in total. The first-order valence-corrected chi connectivity index (χ1v) is 7.85. The zero-order chi connectivity index (χ0) is 18.4. The van der Waals surface area contributed by atoms with E-state index in [1.807, 2.05) is 0 Å². The summed E-state index contributed by atoms with van der Waals surface area (Å²) in [7, 11) is 2.89. The zero-order valence-corrected chi connectivity index (χ0v) is 15.0. The number of methoxy groups -OCH3 is 2. The Morgan fingerprint density at radius 3 is 2.32 bits per heavy atom. The van der Waals surface area contributed by atoms with E-state index in [4.69, 9.17) is 37.4 Å². The molecule has 0 bridgehead atoms. The summed E-state index contributed by atoms with van der Waals surface area (Å²) in [6.45, 7) is -0.513. The summed E-state index contributed by atoms with van der Waals surface area (Å²) in [5.74, 6) is -0.540. The van der Waals surface area contributed by atoms with Gasteiger partial charge in [-0.15, -0.1) is 0 Å². The van der Waals surface area contributed by atoms with E-state index >= 15 is 0 Å². The van der Waals surface area contributed by atoms with E-state index in [1.165, 1.54) is 20.3 Å². The smallest absolute Gasteiger partial charge is 0.342 e. The van der Waals surface area contributed by atoms with E-state index in [1.54, 1.807) is 30.3 Å². The van der Waals surface area contributed by atoms with Gasteiger partial charge in [0, 0.05) is 0 Å². The van der Waals surface area contributed by atoms with Crippen LogP contribution in [0.3, 0.4) is 0 Å². The van der Waals surface area contributed by atoms with Crippen LogP contribution in [0, 0.1) is 0 Å². The Kier molecular flexibility index (Phi) is 6.50. The standard InChI is InChI=1S/C17H15Cl2NO5/c1-23-10-6-7-14(24-2)11(8-10)17(22)25-9-15(21)20-16-12(18)4-3-5-13(16)19/h3-8H,9H2,1-2H3,(H,20,21). The van der Waals surface area contributed by atoms with Gasteiger partial charge in [0.05, 0.1) is 30.0 Å². The lowest BCUT2D eigenvalue weighted by atomic mass is 10.2. The van der Waals surface area contributed by atoms with Gasteiger partial charge in [-0.2, -0.15) is 0 Å². The molecule has 0 heterocycles. The van der Waals surface area contributed by atoms with Crippen LogP contribution in [0.25, 0.3) is 0 Å². The summed E-state index contributed by atoms with van der Waals surface area (Å²) < 4.78 is 15.2. The number of benzene rings is 2. The fraction of sp³-hybridized carbons (Fsp3) is 0.176. The molecular weight excluding hydrogens is 369 g/mol. The van der Waals surface area contributed by atoms with Crippen molar-refractivity contribution in [1.82, 2.24) is 0 Å². The molecule has 1 N–H and O–H groups in total. The molecule has 0 aromatic heterocycles. The molecule has 1 amide bonds. The summed E-state index contributed by atoms with van der Waals surface area (Å²) >= 11 is 11.9. The molecular formula is C17H15Cl2NO5. The third kappa shape index (κ3) is 4.78. The van der Waals surface area contributed by atoms with Gasteiger partial charge in [-0.1, -0.05) is 29.3 Å². The molecule has 8 heteroatoms. The Labute approximate surface area is 154 Å². The lowest BCUT2D eigenvalue weighted by Gasteiger charge is -2.11. The number of esters is 1. The van der Waals surface area contributed by atoms with Crippen LogP contribution < -0.4 is 14.8 Å². The zero-order valence-electron chi connectivity index (χ0n) is 13.5. The number of rotatable bonds is 6. The van der Waals surface area contributed by atoms with Crippen LogP contribution in [0.1, 0.15) is 10.4 Å². The number of anilines is 1. The highest BCUT2D eigenvalue weighted by Crippen LogP contribution is 2.29. The molecule has 2 aromatic rings. The average molecular weight is 384 g/mol. The number of hydrogen-bond acceptors (Lipinski definition) is 5. The van der Waals surface area contributed by atoms with Crippen molar-refractivity contribution in [3.8, 4) is 11.5 Å². The van der Waals surface area contributed by atoms with Crippen molar-refractivity contribution in [2.75, 3.05) is 26.1 Å². The third-order valence-corrected chi connectivity index (χ3v) is 3.82. The van der Waals surface area contributed by atoms with Crippen LogP contribution in [0.2, 0.25) is 10.0 Å². The van der Waals surface area contributed by atoms with Crippen molar-refractivity contribution in [2.24, 2.45) is 0 Å². The minimum atomic E-state index is -0.726. The van der Waals surface area contributed by atoms with Crippen LogP contribution in [-0.4, -0.2) is 32.7 Å². The quantitative estimate of drug-likeness (QED) is 0.767. The van der Waals surface area contributed by atoms with E-state index in [0.29, 0.717) is 11.5 Å². The highest BCUT2D eigenvalue weighted by molar-refractivity contribution is 6.39. The fourth-order valence-corrected chi connectivity index (χ4v) is 2.47. The van der Waals surface area contributed by atoms with Gasteiger partial charge in [-0.25, -0.2) is 4.79 Å². The maximum absolute atomic E-state index is 12.2. The van der Waals surface area contributed by atoms with Gasteiger partial charge < -0.3 is 19.5 Å². The fourth-order valence-electron chi connectivity index (χ4n) is 1.98. The number of amides is 1. The Hall–Kier alpha value is -2.44. The van der Waals surface area contributed by atoms with Gasteiger partial charge in [0.25, 0.3) is 5.91 Å². The molecule has 2 rings (SSSR count). The first-order valence-electron chi connectivity index (χ1n) is 7.09. The number of hydrogen-bond donors (Lipinski definition) is 1. The molecule has 25 heavy (non-hydrogen) atoms. The molecule has 0 fully saturated rings. The lowest BCUT2D eigenvalue weighted by Crippen LogP contribution is -2.21. The summed E-state index contributed by atoms with van der Waals surface area (Å²) in [6.07, 6.45) is 0. The first kappa shape index (κ1) is 18.9. The molecule has 0 aliphatic heterocycles. The van der Waals surface area contributed by atoms with Crippen molar-refractivity contribution >= 4 is 40.8 Å².